The van der Waals surface area contributed by atoms with Crippen LogP contribution in [0.2, 0.25) is 0 Å². The average Bonchev–Trinajstić information content (AvgIpc) is 2.70. The van der Waals surface area contributed by atoms with E-state index in [-0.39, 0.29) is 6.61 Å². The molecule has 0 aliphatic carbocycles. The average molecular weight is 216 g/mol. The molecular formula is C13H16N2O. The Morgan fingerprint density at radius 1 is 1.25 bits per heavy atom. The van der Waals surface area contributed by atoms with Crippen molar-refractivity contribution in [1.29, 1.82) is 0 Å². The van der Waals surface area contributed by atoms with Crippen molar-refractivity contribution in [3.05, 3.63) is 41.7 Å². The van der Waals surface area contributed by atoms with E-state index in [9.17, 15) is 0 Å². The van der Waals surface area contributed by atoms with Crippen molar-refractivity contribution in [3.8, 4) is 11.4 Å². The number of benzene rings is 1. The van der Waals surface area contributed by atoms with Crippen molar-refractivity contribution in [3.63, 3.8) is 0 Å². The Labute approximate surface area is 95.4 Å². The molecule has 0 spiro atoms. The number of nitrogens with zero attached hydrogens (tertiary/aromatic N) is 2. The Morgan fingerprint density at radius 3 is 2.44 bits per heavy atom. The van der Waals surface area contributed by atoms with Crippen LogP contribution in [-0.2, 0) is 20.1 Å². The summed E-state index contributed by atoms with van der Waals surface area (Å²) in [5.41, 5.74) is 3.23. The largest absolute Gasteiger partial charge is 0.390 e. The maximum atomic E-state index is 9.10. The van der Waals surface area contributed by atoms with E-state index in [4.69, 9.17) is 5.11 Å². The van der Waals surface area contributed by atoms with E-state index in [1.165, 1.54) is 5.56 Å². The van der Waals surface area contributed by atoms with Gasteiger partial charge in [0.05, 0.1) is 18.5 Å². The summed E-state index contributed by atoms with van der Waals surface area (Å²) >= 11 is 0. The molecule has 84 valence electrons. The molecule has 0 atom stereocenters. The minimum absolute atomic E-state index is 0.0243. The summed E-state index contributed by atoms with van der Waals surface area (Å²) in [6.07, 6.45) is 2.76. The van der Waals surface area contributed by atoms with E-state index in [0.29, 0.717) is 0 Å². The van der Waals surface area contributed by atoms with Gasteiger partial charge in [-0.2, -0.15) is 0 Å². The Hall–Kier alpha value is -1.61. The van der Waals surface area contributed by atoms with Crippen LogP contribution in [0, 0.1) is 0 Å². The Bertz CT molecular complexity index is 471. The third kappa shape index (κ3) is 1.86. The van der Waals surface area contributed by atoms with Crippen molar-refractivity contribution in [2.45, 2.75) is 20.0 Å². The summed E-state index contributed by atoms with van der Waals surface area (Å²) in [5, 5.41) is 9.10. The molecule has 0 saturated heterocycles. The summed E-state index contributed by atoms with van der Waals surface area (Å²) in [6, 6.07) is 8.37. The molecule has 0 amide bonds. The van der Waals surface area contributed by atoms with Crippen LogP contribution in [-0.4, -0.2) is 14.7 Å². The monoisotopic (exact) mass is 216 g/mol. The highest BCUT2D eigenvalue weighted by molar-refractivity contribution is 5.56. The SMILES string of the molecule is CCc1ccc(-c2ncc(CO)n2C)cc1. The fourth-order valence-electron chi connectivity index (χ4n) is 1.75. The van der Waals surface area contributed by atoms with Crippen LogP contribution in [0.3, 0.4) is 0 Å². The first-order chi connectivity index (χ1) is 7.76. The van der Waals surface area contributed by atoms with Gasteiger partial charge < -0.3 is 9.67 Å². The topological polar surface area (TPSA) is 38.1 Å². The first-order valence-corrected chi connectivity index (χ1v) is 5.47. The van der Waals surface area contributed by atoms with Crippen molar-refractivity contribution in [2.24, 2.45) is 7.05 Å². The lowest BCUT2D eigenvalue weighted by atomic mass is 10.1. The molecule has 1 aromatic carbocycles. The summed E-state index contributed by atoms with van der Waals surface area (Å²) in [6.45, 7) is 2.16. The van der Waals surface area contributed by atoms with Gasteiger partial charge in [-0.3, -0.25) is 0 Å². The molecule has 3 heteroatoms. The highest BCUT2D eigenvalue weighted by Crippen LogP contribution is 2.19. The molecule has 0 aliphatic heterocycles. The number of aromatic nitrogens is 2. The van der Waals surface area contributed by atoms with Crippen LogP contribution in [0.5, 0.6) is 0 Å². The van der Waals surface area contributed by atoms with Gasteiger partial charge in [0.2, 0.25) is 0 Å². The summed E-state index contributed by atoms with van der Waals surface area (Å²) in [5.74, 6) is 0.895. The zero-order valence-electron chi connectivity index (χ0n) is 9.64. The van der Waals surface area contributed by atoms with Gasteiger partial charge >= 0.3 is 0 Å². The minimum atomic E-state index is 0.0243. The van der Waals surface area contributed by atoms with Gasteiger partial charge in [-0.1, -0.05) is 31.2 Å². The highest BCUT2D eigenvalue weighted by Gasteiger charge is 2.07. The summed E-state index contributed by atoms with van der Waals surface area (Å²) < 4.78 is 1.92. The van der Waals surface area contributed by atoms with Crippen molar-refractivity contribution in [2.75, 3.05) is 0 Å². The van der Waals surface area contributed by atoms with Crippen molar-refractivity contribution < 1.29 is 5.11 Å². The smallest absolute Gasteiger partial charge is 0.139 e. The number of aryl methyl sites for hydroxylation is 1. The molecule has 0 fully saturated rings. The molecule has 0 unspecified atom stereocenters. The van der Waals surface area contributed by atoms with E-state index in [2.05, 4.69) is 36.2 Å². The number of aliphatic hydroxyl groups excluding tert-OH is 1. The van der Waals surface area contributed by atoms with Gasteiger partial charge in [0.25, 0.3) is 0 Å². The maximum Gasteiger partial charge on any atom is 0.139 e. The Balaban J connectivity index is 2.38. The Morgan fingerprint density at radius 2 is 1.94 bits per heavy atom. The molecule has 1 heterocycles. The lowest BCUT2D eigenvalue weighted by Gasteiger charge is -2.05. The van der Waals surface area contributed by atoms with Gasteiger partial charge in [-0.25, -0.2) is 4.98 Å². The van der Waals surface area contributed by atoms with Crippen molar-refractivity contribution >= 4 is 0 Å². The van der Waals surface area contributed by atoms with Gasteiger partial charge in [0.15, 0.2) is 0 Å². The molecule has 0 aliphatic rings. The fourth-order valence-corrected chi connectivity index (χ4v) is 1.75. The van der Waals surface area contributed by atoms with E-state index >= 15 is 0 Å². The van der Waals surface area contributed by atoms with Gasteiger partial charge in [0, 0.05) is 12.6 Å². The number of aliphatic hydroxyl groups is 1. The number of rotatable bonds is 3. The van der Waals surface area contributed by atoms with Gasteiger partial charge in [-0.15, -0.1) is 0 Å². The second kappa shape index (κ2) is 4.49. The zero-order valence-corrected chi connectivity index (χ0v) is 9.64. The molecule has 2 aromatic rings. The quantitative estimate of drug-likeness (QED) is 0.853. The first-order valence-electron chi connectivity index (χ1n) is 5.47. The normalized spacial score (nSPS) is 10.7. The second-order valence-corrected chi connectivity index (χ2v) is 3.84. The molecule has 3 nitrogen and oxygen atoms in total. The highest BCUT2D eigenvalue weighted by atomic mass is 16.3. The van der Waals surface area contributed by atoms with E-state index in [0.717, 1.165) is 23.5 Å². The van der Waals surface area contributed by atoms with Crippen molar-refractivity contribution in [1.82, 2.24) is 9.55 Å². The van der Waals surface area contributed by atoms with Gasteiger partial charge in [-0.05, 0) is 12.0 Å². The van der Waals surface area contributed by atoms with E-state index < -0.39 is 0 Å². The maximum absolute atomic E-state index is 9.10. The predicted octanol–water partition coefficient (Wildman–Crippen LogP) is 2.14. The lowest BCUT2D eigenvalue weighted by molar-refractivity contribution is 0.273. The molecule has 0 bridgehead atoms. The third-order valence-electron chi connectivity index (χ3n) is 2.87. The number of hydrogen-bond acceptors (Lipinski definition) is 2. The fraction of sp³-hybridized carbons (Fsp3) is 0.308. The zero-order chi connectivity index (χ0) is 11.5. The molecule has 2 rings (SSSR count). The standard InChI is InChI=1S/C13H16N2O/c1-3-10-4-6-11(7-5-10)13-14-8-12(9-16)15(13)2/h4-8,16H,3,9H2,1-2H3. The van der Waals surface area contributed by atoms with E-state index in [1.807, 2.05) is 11.6 Å². The summed E-state index contributed by atoms with van der Waals surface area (Å²) in [7, 11) is 1.92. The lowest BCUT2D eigenvalue weighted by Crippen LogP contribution is -1.98. The predicted molar refractivity (Wildman–Crippen MR) is 63.9 cm³/mol. The van der Waals surface area contributed by atoms with Crippen LogP contribution < -0.4 is 0 Å². The van der Waals surface area contributed by atoms with Crippen LogP contribution in [0.4, 0.5) is 0 Å². The second-order valence-electron chi connectivity index (χ2n) is 3.84. The number of hydrogen-bond donors (Lipinski definition) is 1. The third-order valence-corrected chi connectivity index (χ3v) is 2.87. The van der Waals surface area contributed by atoms with E-state index in [1.54, 1.807) is 6.20 Å². The molecule has 0 saturated carbocycles. The van der Waals surface area contributed by atoms with Crippen LogP contribution in [0.15, 0.2) is 30.5 Å². The first kappa shape index (κ1) is 10.9. The van der Waals surface area contributed by atoms with Crippen LogP contribution in [0.25, 0.3) is 11.4 Å². The molecule has 16 heavy (non-hydrogen) atoms. The van der Waals surface area contributed by atoms with Crippen LogP contribution in [0.1, 0.15) is 18.2 Å². The van der Waals surface area contributed by atoms with Crippen LogP contribution >= 0.6 is 0 Å². The Kier molecular flexibility index (Phi) is 3.06. The number of imidazole rings is 1. The van der Waals surface area contributed by atoms with Gasteiger partial charge in [0.1, 0.15) is 5.82 Å². The molecule has 1 aromatic heterocycles. The minimum Gasteiger partial charge on any atom is -0.390 e. The molecular weight excluding hydrogens is 200 g/mol. The summed E-state index contributed by atoms with van der Waals surface area (Å²) in [4.78, 5) is 4.32. The molecule has 0 radical (unpaired) electrons. The molecule has 1 N–H and O–H groups in total.